The van der Waals surface area contributed by atoms with Gasteiger partial charge in [-0.05, 0) is 112 Å². The predicted octanol–water partition coefficient (Wildman–Crippen LogP) is 6.62. The SMILES string of the molecule is CNc1cc(C(=O)c2c(-c3ccc(OCCN4CCCC4)cc3)sc3cc(O)ccc23)ccc1CN1CCCC1. The number of phenolic OH excluding ortho intramolecular Hbond substituents is 1. The van der Waals surface area contributed by atoms with Gasteiger partial charge in [0.1, 0.15) is 18.1 Å². The lowest BCUT2D eigenvalue weighted by Gasteiger charge is -2.18. The molecule has 7 heteroatoms. The molecule has 2 N–H and O–H groups in total. The normalized spacial score (nSPS) is 16.1. The molecule has 0 atom stereocenters. The van der Waals surface area contributed by atoms with Gasteiger partial charge in [0.25, 0.3) is 0 Å². The van der Waals surface area contributed by atoms with E-state index in [0.717, 1.165) is 71.2 Å². The first-order valence-electron chi connectivity index (χ1n) is 14.4. The van der Waals surface area contributed by atoms with Crippen LogP contribution in [0.25, 0.3) is 20.5 Å². The van der Waals surface area contributed by atoms with Crippen molar-refractivity contribution < 1.29 is 14.6 Å². The minimum Gasteiger partial charge on any atom is -0.508 e. The number of thiophene rings is 1. The Balaban J connectivity index is 1.28. The molecule has 0 bridgehead atoms. The van der Waals surface area contributed by atoms with Crippen molar-refractivity contribution in [2.45, 2.75) is 32.2 Å². The first-order chi connectivity index (χ1) is 19.6. The van der Waals surface area contributed by atoms with Gasteiger partial charge in [0.15, 0.2) is 5.78 Å². The Bertz CT molecular complexity index is 1490. The Morgan fingerprint density at radius 1 is 0.925 bits per heavy atom. The maximum absolute atomic E-state index is 14.1. The fourth-order valence-corrected chi connectivity index (χ4v) is 7.17. The lowest BCUT2D eigenvalue weighted by Crippen LogP contribution is -2.25. The van der Waals surface area contributed by atoms with E-state index in [0.29, 0.717) is 17.7 Å². The number of nitrogens with zero attached hydrogens (tertiary/aromatic N) is 2. The zero-order chi connectivity index (χ0) is 27.5. The van der Waals surface area contributed by atoms with Crippen LogP contribution >= 0.6 is 11.3 Å². The molecule has 2 saturated heterocycles. The number of anilines is 1. The molecular formula is C33H37N3O3S. The van der Waals surface area contributed by atoms with E-state index >= 15 is 0 Å². The van der Waals surface area contributed by atoms with E-state index in [1.54, 1.807) is 12.1 Å². The number of phenols is 1. The molecule has 0 aliphatic carbocycles. The van der Waals surface area contributed by atoms with Gasteiger partial charge < -0.3 is 15.2 Å². The van der Waals surface area contributed by atoms with Crippen molar-refractivity contribution in [2.75, 3.05) is 51.7 Å². The summed E-state index contributed by atoms with van der Waals surface area (Å²) in [6.45, 7) is 7.10. The van der Waals surface area contributed by atoms with Crippen LogP contribution in [0.1, 0.15) is 47.2 Å². The van der Waals surface area contributed by atoms with Gasteiger partial charge in [-0.3, -0.25) is 14.6 Å². The quantitative estimate of drug-likeness (QED) is 0.215. The maximum Gasteiger partial charge on any atom is 0.195 e. The first kappa shape index (κ1) is 26.8. The number of nitrogens with one attached hydrogen (secondary N) is 1. The first-order valence-corrected chi connectivity index (χ1v) is 15.2. The molecule has 0 saturated carbocycles. The summed E-state index contributed by atoms with van der Waals surface area (Å²) in [5.74, 6) is 1.02. The van der Waals surface area contributed by atoms with Crippen molar-refractivity contribution in [2.24, 2.45) is 0 Å². The Kier molecular flexibility index (Phi) is 8.05. The van der Waals surface area contributed by atoms with E-state index in [2.05, 4.69) is 21.2 Å². The number of aromatic hydroxyl groups is 1. The highest BCUT2D eigenvalue weighted by Gasteiger charge is 2.23. The van der Waals surface area contributed by atoms with Crippen molar-refractivity contribution in [1.29, 1.82) is 0 Å². The molecule has 1 aromatic heterocycles. The third kappa shape index (κ3) is 5.73. The van der Waals surface area contributed by atoms with Gasteiger partial charge in [-0.2, -0.15) is 0 Å². The summed E-state index contributed by atoms with van der Waals surface area (Å²) in [5, 5.41) is 14.3. The third-order valence-electron chi connectivity index (χ3n) is 8.13. The molecule has 2 aliphatic rings. The highest BCUT2D eigenvalue weighted by atomic mass is 32.1. The molecule has 3 aromatic carbocycles. The number of ketones is 1. The second-order valence-electron chi connectivity index (χ2n) is 10.8. The van der Waals surface area contributed by atoms with Crippen molar-refractivity contribution in [3.8, 4) is 21.9 Å². The smallest absolute Gasteiger partial charge is 0.195 e. The van der Waals surface area contributed by atoms with E-state index in [4.69, 9.17) is 4.74 Å². The Morgan fingerprint density at radius 3 is 2.38 bits per heavy atom. The third-order valence-corrected chi connectivity index (χ3v) is 9.33. The number of fused-ring (bicyclic) bond motifs is 1. The lowest BCUT2D eigenvalue weighted by molar-refractivity contribution is 0.104. The van der Waals surface area contributed by atoms with Crippen LogP contribution in [0.15, 0.2) is 60.7 Å². The summed E-state index contributed by atoms with van der Waals surface area (Å²) in [6.07, 6.45) is 5.06. The van der Waals surface area contributed by atoms with Crippen molar-refractivity contribution in [1.82, 2.24) is 9.80 Å². The highest BCUT2D eigenvalue weighted by Crippen LogP contribution is 2.42. The highest BCUT2D eigenvalue weighted by molar-refractivity contribution is 7.22. The molecule has 0 radical (unpaired) electrons. The minimum absolute atomic E-state index is 0.0119. The van der Waals surface area contributed by atoms with E-state index in [-0.39, 0.29) is 11.5 Å². The van der Waals surface area contributed by atoms with Gasteiger partial charge in [-0.15, -0.1) is 11.3 Å². The number of rotatable bonds is 10. The van der Waals surface area contributed by atoms with Gasteiger partial charge in [0, 0.05) is 51.9 Å². The largest absolute Gasteiger partial charge is 0.508 e. The Hall–Kier alpha value is -3.39. The van der Waals surface area contributed by atoms with E-state index in [9.17, 15) is 9.90 Å². The van der Waals surface area contributed by atoms with Crippen LogP contribution in [-0.4, -0.2) is 67.1 Å². The molecule has 0 amide bonds. The molecule has 2 aliphatic heterocycles. The predicted molar refractivity (Wildman–Crippen MR) is 164 cm³/mol. The molecule has 0 unspecified atom stereocenters. The van der Waals surface area contributed by atoms with E-state index in [1.165, 1.54) is 42.6 Å². The number of hydrogen-bond acceptors (Lipinski definition) is 7. The van der Waals surface area contributed by atoms with Gasteiger partial charge in [-0.1, -0.05) is 12.1 Å². The number of benzene rings is 3. The summed E-state index contributed by atoms with van der Waals surface area (Å²) in [4.78, 5) is 19.9. The topological polar surface area (TPSA) is 65.0 Å². The van der Waals surface area contributed by atoms with Gasteiger partial charge in [-0.25, -0.2) is 0 Å². The van der Waals surface area contributed by atoms with Crippen LogP contribution in [0.5, 0.6) is 11.5 Å². The van der Waals surface area contributed by atoms with Crippen LogP contribution in [0.3, 0.4) is 0 Å². The summed E-state index contributed by atoms with van der Waals surface area (Å²) < 4.78 is 6.91. The molecule has 6 rings (SSSR count). The number of hydrogen-bond donors (Lipinski definition) is 2. The summed E-state index contributed by atoms with van der Waals surface area (Å²) in [7, 11) is 1.92. The molecular weight excluding hydrogens is 518 g/mol. The average Bonchev–Trinajstić information content (AvgIpc) is 3.75. The van der Waals surface area contributed by atoms with Crippen LogP contribution in [0.4, 0.5) is 5.69 Å². The second kappa shape index (κ2) is 12.0. The number of carbonyl (C=O) groups is 1. The maximum atomic E-state index is 14.1. The fourth-order valence-electron chi connectivity index (χ4n) is 5.93. The minimum atomic E-state index is -0.0119. The van der Waals surface area contributed by atoms with E-state index in [1.807, 2.05) is 49.5 Å². The molecule has 3 heterocycles. The van der Waals surface area contributed by atoms with E-state index < -0.39 is 0 Å². The van der Waals surface area contributed by atoms with Crippen LogP contribution in [0, 0.1) is 0 Å². The van der Waals surface area contributed by atoms with Crippen molar-refractivity contribution in [3.63, 3.8) is 0 Å². The molecule has 208 valence electrons. The van der Waals surface area contributed by atoms with Crippen LogP contribution in [-0.2, 0) is 6.54 Å². The van der Waals surface area contributed by atoms with Crippen LogP contribution in [0.2, 0.25) is 0 Å². The summed E-state index contributed by atoms with van der Waals surface area (Å²) in [5.41, 5.74) is 4.51. The zero-order valence-corrected chi connectivity index (χ0v) is 23.9. The van der Waals surface area contributed by atoms with Crippen LogP contribution < -0.4 is 10.1 Å². The number of ether oxygens (including phenoxy) is 1. The van der Waals surface area contributed by atoms with Gasteiger partial charge in [0.2, 0.25) is 0 Å². The van der Waals surface area contributed by atoms with Gasteiger partial charge >= 0.3 is 0 Å². The molecule has 0 spiro atoms. The summed E-state index contributed by atoms with van der Waals surface area (Å²) in [6, 6.07) is 19.3. The molecule has 40 heavy (non-hydrogen) atoms. The van der Waals surface area contributed by atoms with Crippen molar-refractivity contribution in [3.05, 3.63) is 77.4 Å². The Labute approximate surface area is 240 Å². The zero-order valence-electron chi connectivity index (χ0n) is 23.1. The monoisotopic (exact) mass is 555 g/mol. The lowest BCUT2D eigenvalue weighted by atomic mass is 9.96. The Morgan fingerprint density at radius 2 is 1.65 bits per heavy atom. The second-order valence-corrected chi connectivity index (χ2v) is 11.9. The molecule has 6 nitrogen and oxygen atoms in total. The number of likely N-dealkylation sites (tertiary alicyclic amines) is 2. The number of carbonyl (C=O) groups excluding carboxylic acids is 1. The molecule has 4 aromatic rings. The standard InChI is InChI=1S/C33H37N3O3S/c1-34-29-20-24(6-7-25(29)22-36-16-4-5-17-36)32(38)31-28-13-10-26(37)21-30(28)40-33(31)23-8-11-27(12-9-23)39-19-18-35-14-2-3-15-35/h6-13,20-21,34,37H,2-5,14-19,22H2,1H3. The van der Waals surface area contributed by atoms with Gasteiger partial charge in [0.05, 0.1) is 0 Å². The van der Waals surface area contributed by atoms with Crippen molar-refractivity contribution >= 4 is 32.9 Å². The average molecular weight is 556 g/mol. The fraction of sp³-hybridized carbons (Fsp3) is 0.364. The molecule has 2 fully saturated rings. The summed E-state index contributed by atoms with van der Waals surface area (Å²) >= 11 is 1.54.